The third-order valence-electron chi connectivity index (χ3n) is 0. The Labute approximate surface area is 628 Å². The summed E-state index contributed by atoms with van der Waals surface area (Å²) in [6, 6.07) is 0. The molecule has 0 saturated heterocycles. The number of hydrogen-bond donors (Lipinski definition) is 8. The van der Waals surface area contributed by atoms with Gasteiger partial charge in [-0.25, -0.2) is 19.2 Å². The Kier molecular flexibility index (Phi) is 486. The van der Waals surface area contributed by atoms with Crippen molar-refractivity contribution in [2.45, 2.75) is 0 Å². The van der Waals surface area contributed by atoms with Crippen LogP contribution in [0.4, 0.5) is 19.2 Å². The molecular weight excluding hydrogens is 841 g/mol. The van der Waals surface area contributed by atoms with Crippen LogP contribution < -0.4 is 0 Å². The van der Waals surface area contributed by atoms with E-state index in [2.05, 4.69) is 0 Å². The molecule has 0 spiro atoms. The van der Waals surface area contributed by atoms with Gasteiger partial charge in [0.05, 0.1) is 0 Å². The van der Waals surface area contributed by atoms with Gasteiger partial charge in [-0.3, -0.25) is 0 Å². The molecule has 0 aliphatic rings. The summed E-state index contributed by atoms with van der Waals surface area (Å²) in [7, 11) is 0. The molecule has 0 aromatic rings. The van der Waals surface area contributed by atoms with Crippen molar-refractivity contribution in [2.24, 2.45) is 0 Å². The fourth-order valence-corrected chi connectivity index (χ4v) is 0. The summed E-state index contributed by atoms with van der Waals surface area (Å²) in [5.74, 6) is 0. The van der Waals surface area contributed by atoms with Gasteiger partial charge in [0.2, 0.25) is 0 Å². The van der Waals surface area contributed by atoms with E-state index in [0.717, 1.165) is 0 Å². The average Bonchev–Trinajstić information content (AvgIpc) is 1.76. The second-order valence-corrected chi connectivity index (χ2v) is 1.13. The van der Waals surface area contributed by atoms with Crippen molar-refractivity contribution in [3.63, 3.8) is 0 Å². The van der Waals surface area contributed by atoms with Crippen LogP contribution in [0.3, 0.4) is 0 Å². The molecule has 0 saturated carbocycles. The van der Waals surface area contributed by atoms with Gasteiger partial charge in [-0.05, 0) is 0 Å². The molecule has 0 aliphatic heterocycles. The molecule has 12 nitrogen and oxygen atoms in total. The first kappa shape index (κ1) is 127. The van der Waals surface area contributed by atoms with Gasteiger partial charge in [0.25, 0.3) is 0 Å². The van der Waals surface area contributed by atoms with Crippen molar-refractivity contribution in [3.05, 3.63) is 0 Å². The molecule has 156 valence electrons. The van der Waals surface area contributed by atoms with E-state index >= 15 is 0 Å². The van der Waals surface area contributed by atoms with Crippen molar-refractivity contribution in [1.29, 1.82) is 0 Å². The van der Waals surface area contributed by atoms with Gasteiger partial charge in [0.15, 0.2) is 0 Å². The molecule has 31 heavy (non-hydrogen) atoms. The van der Waals surface area contributed by atoms with E-state index < -0.39 is 24.6 Å². The first-order valence-corrected chi connectivity index (χ1v) is 2.61. The van der Waals surface area contributed by atoms with E-state index in [0.29, 0.717) is 0 Å². The number of hydrogen-bond acceptors (Lipinski definition) is 4. The van der Waals surface area contributed by atoms with Gasteiger partial charge in [-0.15, -0.1) is 0 Å². The molecule has 0 heterocycles. The SMILES string of the molecule is O=C(O)O.O=C(O)O.O=C(O)O.O=C(O)O.[CaH2].[CaH2].[CaH2].[CaH2].[CaH2].[CaH2].[CaH2].[CaH2].[CaH2].[CaH2].[CaH2].[CaH2].[CaH2].[CaH2].[CaH2]. The maximum atomic E-state index is 8.56. The van der Waals surface area contributed by atoms with E-state index in [1.807, 2.05) is 0 Å². The predicted molar refractivity (Wildman–Crippen MR) is 171 cm³/mol. The minimum absolute atomic E-state index is 0. The van der Waals surface area contributed by atoms with Crippen LogP contribution in [0.5, 0.6) is 0 Å². The first-order chi connectivity index (χ1) is 6.93. The van der Waals surface area contributed by atoms with E-state index in [9.17, 15) is 0 Å². The molecular formula is C4H38Ca15O12. The Morgan fingerprint density at radius 1 is 0.226 bits per heavy atom. The van der Waals surface area contributed by atoms with Crippen LogP contribution in [-0.4, -0.2) is 632 Å². The summed E-state index contributed by atoms with van der Waals surface area (Å²) in [6.07, 6.45) is -7.33. The molecule has 0 rings (SSSR count). The Morgan fingerprint density at radius 2 is 0.226 bits per heavy atom. The topological polar surface area (TPSA) is 230 Å². The monoisotopic (exact) mass is 878 g/mol. The quantitative estimate of drug-likeness (QED) is 0.106. The molecule has 0 aromatic heterocycles. The van der Waals surface area contributed by atoms with Crippen molar-refractivity contribution in [2.75, 3.05) is 0 Å². The summed E-state index contributed by atoms with van der Waals surface area (Å²) in [5, 5.41) is 55.8. The van der Waals surface area contributed by atoms with Crippen LogP contribution in [0.25, 0.3) is 0 Å². The van der Waals surface area contributed by atoms with Crippen LogP contribution in [0.15, 0.2) is 0 Å². The molecule has 0 radical (unpaired) electrons. The van der Waals surface area contributed by atoms with Crippen LogP contribution in [-0.2, 0) is 0 Å². The van der Waals surface area contributed by atoms with Crippen molar-refractivity contribution in [3.8, 4) is 0 Å². The summed E-state index contributed by atoms with van der Waals surface area (Å²) in [4.78, 5) is 34.2. The summed E-state index contributed by atoms with van der Waals surface area (Å²) >= 11 is 0. The van der Waals surface area contributed by atoms with E-state index in [1.54, 1.807) is 0 Å². The zero-order chi connectivity index (χ0) is 14.3. The number of rotatable bonds is 0. The van der Waals surface area contributed by atoms with Crippen molar-refractivity contribution < 1.29 is 60.0 Å². The third-order valence-corrected chi connectivity index (χ3v) is 0. The number of carbonyl (C=O) groups is 4. The van der Waals surface area contributed by atoms with Crippen LogP contribution in [0.1, 0.15) is 0 Å². The molecule has 0 aromatic carbocycles. The Balaban J connectivity index is -0.00000000314. The molecule has 0 atom stereocenters. The minimum atomic E-state index is -1.83. The van der Waals surface area contributed by atoms with E-state index in [4.69, 9.17) is 60.0 Å². The van der Waals surface area contributed by atoms with Crippen molar-refractivity contribution in [1.82, 2.24) is 0 Å². The normalized spacial score (nSPS) is 3.10. The van der Waals surface area contributed by atoms with Crippen LogP contribution >= 0.6 is 0 Å². The fourth-order valence-electron chi connectivity index (χ4n) is 0. The number of carboxylic acid groups (broad SMARTS) is 8. The molecule has 0 bridgehead atoms. The van der Waals surface area contributed by atoms with Gasteiger partial charge in [-0.1, -0.05) is 0 Å². The van der Waals surface area contributed by atoms with Crippen LogP contribution in [0, 0.1) is 0 Å². The average molecular weight is 880 g/mol. The molecule has 0 aliphatic carbocycles. The molecule has 8 N–H and O–H groups in total. The summed E-state index contributed by atoms with van der Waals surface area (Å²) in [5.41, 5.74) is 0. The standard InChI is InChI=1S/4CH2O3.15Ca.30H/c4*2-1(3)4;;;;;;;;;;;;;;;;;;;;;;;;;;;;;;;;;;;;;;;;;;;;;/h4*(H2,2,3,4);;;;;;;;;;;;;;;;;;;;;;;;;;;;;;;;;;;;;;;;;;;;;. The zero-order valence-electron chi connectivity index (χ0n) is 7.21. The Hall–Kier alpha value is 16.0. The second-order valence-electron chi connectivity index (χ2n) is 1.13. The molecule has 0 amide bonds. The van der Waals surface area contributed by atoms with Gasteiger partial charge >= 0.3 is 591 Å². The Bertz CT molecular complexity index is 184. The van der Waals surface area contributed by atoms with Gasteiger partial charge in [-0.2, -0.15) is 0 Å². The fraction of sp³-hybridized carbons (Fsp3) is 0. The van der Waals surface area contributed by atoms with Crippen molar-refractivity contribution >= 4 is 591 Å². The molecule has 27 heteroatoms. The molecule has 0 fully saturated rings. The van der Waals surface area contributed by atoms with E-state index in [-0.39, 0.29) is 566 Å². The first-order valence-electron chi connectivity index (χ1n) is 2.61. The second kappa shape index (κ2) is 119. The van der Waals surface area contributed by atoms with Gasteiger partial charge in [0.1, 0.15) is 0 Å². The summed E-state index contributed by atoms with van der Waals surface area (Å²) < 4.78 is 0. The van der Waals surface area contributed by atoms with E-state index in [1.165, 1.54) is 0 Å². The van der Waals surface area contributed by atoms with Gasteiger partial charge < -0.3 is 40.9 Å². The zero-order valence-corrected chi connectivity index (χ0v) is 7.21. The van der Waals surface area contributed by atoms with Gasteiger partial charge in [0, 0.05) is 0 Å². The summed E-state index contributed by atoms with van der Waals surface area (Å²) in [6.45, 7) is 0. The predicted octanol–water partition coefficient (Wildman–Crippen LogP) is -12.9. The van der Waals surface area contributed by atoms with Crippen LogP contribution in [0.2, 0.25) is 0 Å². The Morgan fingerprint density at radius 3 is 0.226 bits per heavy atom. The third kappa shape index (κ3) is 348. The maximum absolute atomic E-state index is 8.56. The molecule has 0 unspecified atom stereocenters.